The van der Waals surface area contributed by atoms with Crippen molar-refractivity contribution in [3.8, 4) is 5.75 Å². The van der Waals surface area contributed by atoms with Crippen molar-refractivity contribution >= 4 is 5.91 Å². The van der Waals surface area contributed by atoms with Gasteiger partial charge in [-0.2, -0.15) is 0 Å². The number of phenolic OH excluding ortho intramolecular Hbond substituents is 1. The van der Waals surface area contributed by atoms with Gasteiger partial charge in [-0.3, -0.25) is 4.79 Å². The summed E-state index contributed by atoms with van der Waals surface area (Å²) >= 11 is 0. The van der Waals surface area contributed by atoms with E-state index in [1.165, 1.54) is 0 Å². The highest BCUT2D eigenvalue weighted by molar-refractivity contribution is 5.92. The van der Waals surface area contributed by atoms with Gasteiger partial charge in [-0.15, -0.1) is 0 Å². The van der Waals surface area contributed by atoms with Gasteiger partial charge >= 0.3 is 0 Å². The van der Waals surface area contributed by atoms with Gasteiger partial charge in [-0.05, 0) is 49.6 Å². The van der Waals surface area contributed by atoms with Gasteiger partial charge in [0.2, 0.25) is 0 Å². The fraction of sp³-hybridized carbons (Fsp3) is 0.294. The van der Waals surface area contributed by atoms with Gasteiger partial charge in [0, 0.05) is 5.69 Å². The predicted octanol–water partition coefficient (Wildman–Crippen LogP) is 1.74. The summed E-state index contributed by atoms with van der Waals surface area (Å²) < 4.78 is 0. The van der Waals surface area contributed by atoms with E-state index in [1.807, 2.05) is 19.9 Å². The molecule has 0 aliphatic heterocycles. The van der Waals surface area contributed by atoms with Gasteiger partial charge < -0.3 is 15.5 Å². The summed E-state index contributed by atoms with van der Waals surface area (Å²) in [7, 11) is 0. The molecule has 3 N–H and O–H groups in total. The van der Waals surface area contributed by atoms with Gasteiger partial charge in [0.15, 0.2) is 0 Å². The van der Waals surface area contributed by atoms with Gasteiger partial charge in [0.25, 0.3) is 5.91 Å². The first-order chi connectivity index (χ1) is 10.5. The van der Waals surface area contributed by atoms with Gasteiger partial charge in [0.1, 0.15) is 11.4 Å². The predicted molar refractivity (Wildman–Crippen MR) is 83.9 cm³/mol. The quantitative estimate of drug-likeness (QED) is 0.785. The Balaban J connectivity index is 2.04. The second kappa shape index (κ2) is 7.04. The van der Waals surface area contributed by atoms with Crippen LogP contribution in [-0.2, 0) is 6.42 Å². The zero-order valence-corrected chi connectivity index (χ0v) is 12.7. The molecule has 1 amide bonds. The fourth-order valence-corrected chi connectivity index (χ4v) is 2.09. The van der Waals surface area contributed by atoms with Crippen molar-refractivity contribution in [1.82, 2.24) is 10.3 Å². The molecule has 0 unspecified atom stereocenters. The summed E-state index contributed by atoms with van der Waals surface area (Å²) in [4.78, 5) is 16.4. The molecular formula is C17H20N2O3. The summed E-state index contributed by atoms with van der Waals surface area (Å²) in [5, 5.41) is 21.5. The van der Waals surface area contributed by atoms with Crippen LogP contribution in [0.5, 0.6) is 5.75 Å². The molecule has 0 saturated heterocycles. The second-order valence-electron chi connectivity index (χ2n) is 5.32. The Bertz CT molecular complexity index is 653. The zero-order chi connectivity index (χ0) is 16.1. The van der Waals surface area contributed by atoms with Crippen LogP contribution in [0, 0.1) is 13.8 Å². The van der Waals surface area contributed by atoms with Crippen molar-refractivity contribution in [1.29, 1.82) is 0 Å². The van der Waals surface area contributed by atoms with Crippen LogP contribution in [-0.4, -0.2) is 33.8 Å². The van der Waals surface area contributed by atoms with Gasteiger partial charge in [-0.1, -0.05) is 18.2 Å². The number of nitrogens with one attached hydrogen (secondary N) is 1. The molecule has 1 aromatic heterocycles. The van der Waals surface area contributed by atoms with E-state index in [2.05, 4.69) is 10.3 Å². The SMILES string of the molecule is Cc1ccc(C(=O)N[C@H](CO)Cc2ccc(O)cc2)nc1C. The summed E-state index contributed by atoms with van der Waals surface area (Å²) in [6.45, 7) is 3.62. The lowest BCUT2D eigenvalue weighted by atomic mass is 10.1. The smallest absolute Gasteiger partial charge is 0.270 e. The van der Waals surface area contributed by atoms with Crippen molar-refractivity contribution < 1.29 is 15.0 Å². The van der Waals surface area contributed by atoms with E-state index in [4.69, 9.17) is 0 Å². The molecule has 1 atom stereocenters. The van der Waals surface area contributed by atoms with Crippen molar-refractivity contribution in [3.05, 3.63) is 58.9 Å². The van der Waals surface area contributed by atoms with Crippen LogP contribution in [0.2, 0.25) is 0 Å². The number of nitrogens with zero attached hydrogens (tertiary/aromatic N) is 1. The number of phenols is 1. The Morgan fingerprint density at radius 3 is 2.45 bits per heavy atom. The van der Waals surface area contributed by atoms with E-state index < -0.39 is 6.04 Å². The molecule has 2 rings (SSSR count). The van der Waals surface area contributed by atoms with E-state index in [9.17, 15) is 15.0 Å². The van der Waals surface area contributed by atoms with Crippen molar-refractivity contribution in [2.75, 3.05) is 6.61 Å². The monoisotopic (exact) mass is 300 g/mol. The lowest BCUT2D eigenvalue weighted by molar-refractivity contribution is 0.0911. The third kappa shape index (κ3) is 4.05. The third-order valence-electron chi connectivity index (χ3n) is 3.56. The topological polar surface area (TPSA) is 82.5 Å². The molecule has 0 spiro atoms. The number of aliphatic hydroxyl groups is 1. The molecule has 0 aliphatic rings. The molecule has 0 saturated carbocycles. The molecule has 2 aromatic rings. The van der Waals surface area contributed by atoms with E-state index in [-0.39, 0.29) is 18.3 Å². The number of carbonyl (C=O) groups is 1. The molecule has 5 nitrogen and oxygen atoms in total. The third-order valence-corrected chi connectivity index (χ3v) is 3.56. The maximum Gasteiger partial charge on any atom is 0.270 e. The molecule has 0 radical (unpaired) electrons. The maximum atomic E-state index is 12.2. The highest BCUT2D eigenvalue weighted by Crippen LogP contribution is 2.12. The number of aliphatic hydroxyl groups excluding tert-OH is 1. The first-order valence-corrected chi connectivity index (χ1v) is 7.13. The number of rotatable bonds is 5. The van der Waals surface area contributed by atoms with E-state index in [0.717, 1.165) is 16.8 Å². The minimum Gasteiger partial charge on any atom is -0.508 e. The highest BCUT2D eigenvalue weighted by Gasteiger charge is 2.15. The van der Waals surface area contributed by atoms with Crippen molar-refractivity contribution in [3.63, 3.8) is 0 Å². The first-order valence-electron chi connectivity index (χ1n) is 7.13. The molecule has 1 aromatic carbocycles. The number of carbonyl (C=O) groups excluding carboxylic acids is 1. The van der Waals surface area contributed by atoms with Crippen LogP contribution in [0.3, 0.4) is 0 Å². The average molecular weight is 300 g/mol. The molecule has 0 aliphatic carbocycles. The zero-order valence-electron chi connectivity index (χ0n) is 12.7. The number of aromatic hydroxyl groups is 1. The number of hydrogen-bond donors (Lipinski definition) is 3. The molecule has 0 bridgehead atoms. The molecule has 0 fully saturated rings. The standard InChI is InChI=1S/C17H20N2O3/c1-11-3-8-16(18-12(11)2)17(22)19-14(10-20)9-13-4-6-15(21)7-5-13/h3-8,14,20-21H,9-10H2,1-2H3,(H,19,22)/t14-/m0/s1. The lowest BCUT2D eigenvalue weighted by Crippen LogP contribution is -2.39. The highest BCUT2D eigenvalue weighted by atomic mass is 16.3. The largest absolute Gasteiger partial charge is 0.508 e. The van der Waals surface area contributed by atoms with E-state index >= 15 is 0 Å². The van der Waals surface area contributed by atoms with Gasteiger partial charge in [-0.25, -0.2) is 4.98 Å². The minimum atomic E-state index is -0.402. The van der Waals surface area contributed by atoms with Crippen LogP contribution in [0.15, 0.2) is 36.4 Å². The summed E-state index contributed by atoms with van der Waals surface area (Å²) in [6, 6.07) is 9.81. The number of hydrogen-bond acceptors (Lipinski definition) is 4. The summed E-state index contributed by atoms with van der Waals surface area (Å²) in [6.07, 6.45) is 0.480. The molecule has 5 heteroatoms. The number of aromatic nitrogens is 1. The van der Waals surface area contributed by atoms with Crippen LogP contribution < -0.4 is 5.32 Å². The van der Waals surface area contributed by atoms with Crippen LogP contribution in [0.25, 0.3) is 0 Å². The van der Waals surface area contributed by atoms with Crippen LogP contribution in [0.4, 0.5) is 0 Å². The Hall–Kier alpha value is -2.40. The number of amides is 1. The lowest BCUT2D eigenvalue weighted by Gasteiger charge is -2.16. The normalized spacial score (nSPS) is 12.0. The fourth-order valence-electron chi connectivity index (χ4n) is 2.09. The van der Waals surface area contributed by atoms with E-state index in [0.29, 0.717) is 12.1 Å². The molecule has 22 heavy (non-hydrogen) atoms. The second-order valence-corrected chi connectivity index (χ2v) is 5.32. The Morgan fingerprint density at radius 2 is 1.86 bits per heavy atom. The van der Waals surface area contributed by atoms with Crippen molar-refractivity contribution in [2.45, 2.75) is 26.3 Å². The van der Waals surface area contributed by atoms with Crippen LogP contribution >= 0.6 is 0 Å². The molecule has 1 heterocycles. The summed E-state index contributed by atoms with van der Waals surface area (Å²) in [5.74, 6) is -0.117. The van der Waals surface area contributed by atoms with E-state index in [1.54, 1.807) is 30.3 Å². The Kier molecular flexibility index (Phi) is 5.12. The van der Waals surface area contributed by atoms with Crippen LogP contribution in [0.1, 0.15) is 27.3 Å². The first kappa shape index (κ1) is 16.0. The summed E-state index contributed by atoms with van der Waals surface area (Å²) in [5.41, 5.74) is 3.10. The van der Waals surface area contributed by atoms with Crippen molar-refractivity contribution in [2.24, 2.45) is 0 Å². The average Bonchev–Trinajstić information content (AvgIpc) is 2.51. The minimum absolute atomic E-state index is 0.169. The van der Waals surface area contributed by atoms with Gasteiger partial charge in [0.05, 0.1) is 12.6 Å². The Labute approximate surface area is 129 Å². The Morgan fingerprint density at radius 1 is 1.18 bits per heavy atom. The maximum absolute atomic E-state index is 12.2. The number of benzene rings is 1. The number of pyridine rings is 1. The molecular weight excluding hydrogens is 280 g/mol. The number of aryl methyl sites for hydroxylation is 2. The molecule has 116 valence electrons.